The highest BCUT2D eigenvalue weighted by Crippen LogP contribution is 2.03. The average molecular weight is 173 g/mol. The van der Waals surface area contributed by atoms with Crippen molar-refractivity contribution in [3.05, 3.63) is 12.3 Å². The number of hydrogen-bond acceptors (Lipinski definition) is 5. The van der Waals surface area contributed by atoms with E-state index in [0.717, 1.165) is 6.20 Å². The topological polar surface area (TPSA) is 78.6 Å². The van der Waals surface area contributed by atoms with Gasteiger partial charge in [0.05, 0.1) is 14.2 Å². The van der Waals surface area contributed by atoms with Gasteiger partial charge in [0.1, 0.15) is 0 Å². The Kier molecular flexibility index (Phi) is 4.52. The molecule has 0 fully saturated rings. The van der Waals surface area contributed by atoms with Crippen molar-refractivity contribution in [1.82, 2.24) is 0 Å². The summed E-state index contributed by atoms with van der Waals surface area (Å²) < 4.78 is 8.68. The van der Waals surface area contributed by atoms with Crippen molar-refractivity contribution >= 4 is 11.9 Å². The molecule has 2 N–H and O–H groups in total. The van der Waals surface area contributed by atoms with Gasteiger partial charge in [-0.3, -0.25) is 9.59 Å². The summed E-state index contributed by atoms with van der Waals surface area (Å²) in [6, 6.07) is 0. The molecule has 0 aliphatic carbocycles. The number of carbonyl (C=O) groups excluding carboxylic acids is 2. The second-order valence-corrected chi connectivity index (χ2v) is 1.91. The van der Waals surface area contributed by atoms with Gasteiger partial charge in [0.2, 0.25) is 0 Å². The Balaban J connectivity index is 4.43. The Morgan fingerprint density at radius 2 is 1.67 bits per heavy atom. The van der Waals surface area contributed by atoms with Crippen LogP contribution in [-0.4, -0.2) is 26.2 Å². The van der Waals surface area contributed by atoms with E-state index in [-0.39, 0.29) is 0 Å². The van der Waals surface area contributed by atoms with E-state index in [9.17, 15) is 9.59 Å². The molecular formula is C7H11NO4. The fourth-order valence-electron chi connectivity index (χ4n) is 0.618. The third-order valence-electron chi connectivity index (χ3n) is 1.21. The zero-order valence-electron chi connectivity index (χ0n) is 6.94. The standard InChI is InChI=1S/C7H11NO4/c1-11-6(9)5(3-4-8)7(10)12-2/h3-5H,8H2,1-2H3/b4-3-. The normalized spacial score (nSPS) is 10.2. The fraction of sp³-hybridized carbons (Fsp3) is 0.429. The molecule has 0 aliphatic heterocycles. The number of rotatable bonds is 3. The zero-order valence-corrected chi connectivity index (χ0v) is 6.94. The highest BCUT2D eigenvalue weighted by molar-refractivity contribution is 5.96. The third-order valence-corrected chi connectivity index (χ3v) is 1.21. The number of hydrogen-bond donors (Lipinski definition) is 1. The van der Waals surface area contributed by atoms with E-state index >= 15 is 0 Å². The molecule has 0 unspecified atom stereocenters. The molecule has 0 radical (unpaired) electrons. The van der Waals surface area contributed by atoms with E-state index in [1.165, 1.54) is 20.3 Å². The minimum absolute atomic E-state index is 0.691. The second-order valence-electron chi connectivity index (χ2n) is 1.91. The van der Waals surface area contributed by atoms with Gasteiger partial charge in [-0.2, -0.15) is 0 Å². The first-order valence-corrected chi connectivity index (χ1v) is 3.21. The lowest BCUT2D eigenvalue weighted by Gasteiger charge is -2.06. The van der Waals surface area contributed by atoms with Gasteiger partial charge >= 0.3 is 11.9 Å². The molecule has 68 valence electrons. The molecule has 0 heterocycles. The largest absolute Gasteiger partial charge is 0.468 e. The first-order chi connectivity index (χ1) is 5.67. The minimum atomic E-state index is -1.06. The van der Waals surface area contributed by atoms with Gasteiger partial charge < -0.3 is 15.2 Å². The molecule has 0 aromatic heterocycles. The van der Waals surface area contributed by atoms with Crippen LogP contribution in [-0.2, 0) is 19.1 Å². The predicted octanol–water partition coefficient (Wildman–Crippen LogP) is -0.579. The number of methoxy groups -OCH3 is 2. The van der Waals surface area contributed by atoms with Crippen LogP contribution >= 0.6 is 0 Å². The van der Waals surface area contributed by atoms with Crippen molar-refractivity contribution in [2.24, 2.45) is 11.7 Å². The van der Waals surface area contributed by atoms with E-state index in [4.69, 9.17) is 5.73 Å². The van der Waals surface area contributed by atoms with Crippen molar-refractivity contribution in [2.75, 3.05) is 14.2 Å². The molecule has 0 amide bonds. The summed E-state index contributed by atoms with van der Waals surface area (Å²) in [7, 11) is 2.37. The highest BCUT2D eigenvalue weighted by atomic mass is 16.5. The Labute approximate surface area is 70.1 Å². The van der Waals surface area contributed by atoms with E-state index in [1.54, 1.807) is 0 Å². The lowest BCUT2D eigenvalue weighted by molar-refractivity contribution is -0.156. The fourth-order valence-corrected chi connectivity index (χ4v) is 0.618. The Morgan fingerprint density at radius 1 is 1.25 bits per heavy atom. The van der Waals surface area contributed by atoms with Crippen molar-refractivity contribution in [3.8, 4) is 0 Å². The van der Waals surface area contributed by atoms with Crippen LogP contribution in [0.25, 0.3) is 0 Å². The van der Waals surface area contributed by atoms with Crippen LogP contribution in [0.2, 0.25) is 0 Å². The van der Waals surface area contributed by atoms with E-state index in [2.05, 4.69) is 9.47 Å². The molecule has 5 nitrogen and oxygen atoms in total. The lowest BCUT2D eigenvalue weighted by Crippen LogP contribution is -2.24. The molecule has 0 aromatic rings. The second kappa shape index (κ2) is 5.17. The Morgan fingerprint density at radius 3 is 1.92 bits per heavy atom. The molecule has 0 rings (SSSR count). The van der Waals surface area contributed by atoms with Crippen molar-refractivity contribution < 1.29 is 19.1 Å². The maximum Gasteiger partial charge on any atom is 0.324 e. The van der Waals surface area contributed by atoms with Crippen LogP contribution in [0.1, 0.15) is 0 Å². The highest BCUT2D eigenvalue weighted by Gasteiger charge is 2.25. The smallest absolute Gasteiger partial charge is 0.324 e. The van der Waals surface area contributed by atoms with E-state index < -0.39 is 17.9 Å². The van der Waals surface area contributed by atoms with Crippen LogP contribution in [0.5, 0.6) is 0 Å². The van der Waals surface area contributed by atoms with Gasteiger partial charge in [0, 0.05) is 0 Å². The number of ether oxygens (including phenoxy) is 2. The first kappa shape index (κ1) is 10.5. The summed E-state index contributed by atoms with van der Waals surface area (Å²) in [6.45, 7) is 0. The van der Waals surface area contributed by atoms with Crippen LogP contribution in [0.3, 0.4) is 0 Å². The summed E-state index contributed by atoms with van der Waals surface area (Å²) in [4.78, 5) is 21.7. The maximum atomic E-state index is 10.9. The average Bonchev–Trinajstić information content (AvgIpc) is 2.11. The number of esters is 2. The molecule has 0 saturated heterocycles. The lowest BCUT2D eigenvalue weighted by atomic mass is 10.1. The molecule has 0 aromatic carbocycles. The molecule has 0 aliphatic rings. The number of carbonyl (C=O) groups is 2. The van der Waals surface area contributed by atoms with Gasteiger partial charge in [0.25, 0.3) is 0 Å². The maximum absolute atomic E-state index is 10.9. The molecule has 0 atom stereocenters. The Bertz CT molecular complexity index is 184. The summed E-state index contributed by atoms with van der Waals surface area (Å²) in [5.41, 5.74) is 5.02. The Hall–Kier alpha value is -1.52. The summed E-state index contributed by atoms with van der Waals surface area (Å²) in [5, 5.41) is 0. The van der Waals surface area contributed by atoms with Gasteiger partial charge in [0.15, 0.2) is 5.92 Å². The SMILES string of the molecule is COC(=O)C(/C=C\N)C(=O)OC. The molecule has 5 heteroatoms. The summed E-state index contributed by atoms with van der Waals surface area (Å²) in [6.07, 6.45) is 2.30. The van der Waals surface area contributed by atoms with E-state index in [0.29, 0.717) is 0 Å². The van der Waals surface area contributed by atoms with Crippen LogP contribution in [0, 0.1) is 5.92 Å². The van der Waals surface area contributed by atoms with Crippen molar-refractivity contribution in [1.29, 1.82) is 0 Å². The summed E-state index contributed by atoms with van der Waals surface area (Å²) >= 11 is 0. The predicted molar refractivity (Wildman–Crippen MR) is 40.8 cm³/mol. The molecule has 12 heavy (non-hydrogen) atoms. The first-order valence-electron chi connectivity index (χ1n) is 3.21. The van der Waals surface area contributed by atoms with Crippen LogP contribution in [0.15, 0.2) is 12.3 Å². The van der Waals surface area contributed by atoms with Gasteiger partial charge in [-0.15, -0.1) is 0 Å². The van der Waals surface area contributed by atoms with E-state index in [1.807, 2.05) is 0 Å². The van der Waals surface area contributed by atoms with Crippen LogP contribution < -0.4 is 5.73 Å². The zero-order chi connectivity index (χ0) is 9.56. The molecule has 0 bridgehead atoms. The molecule has 0 saturated carbocycles. The molecular weight excluding hydrogens is 162 g/mol. The summed E-state index contributed by atoms with van der Waals surface area (Å²) in [5.74, 6) is -2.45. The van der Waals surface area contributed by atoms with Gasteiger partial charge in [-0.25, -0.2) is 0 Å². The third kappa shape index (κ3) is 2.61. The molecule has 0 spiro atoms. The van der Waals surface area contributed by atoms with Gasteiger partial charge in [-0.05, 0) is 12.3 Å². The number of nitrogens with two attached hydrogens (primary N) is 1. The monoisotopic (exact) mass is 173 g/mol. The quantitative estimate of drug-likeness (QED) is 0.456. The van der Waals surface area contributed by atoms with Gasteiger partial charge in [-0.1, -0.05) is 0 Å². The van der Waals surface area contributed by atoms with Crippen molar-refractivity contribution in [2.45, 2.75) is 0 Å². The minimum Gasteiger partial charge on any atom is -0.468 e. The van der Waals surface area contributed by atoms with Crippen molar-refractivity contribution in [3.63, 3.8) is 0 Å². The van der Waals surface area contributed by atoms with Crippen LogP contribution in [0.4, 0.5) is 0 Å².